The Kier molecular flexibility index (Phi) is 5.51. The molecule has 6 nitrogen and oxygen atoms in total. The first kappa shape index (κ1) is 17.2. The highest BCUT2D eigenvalue weighted by molar-refractivity contribution is 8.26. The molecule has 1 aliphatic heterocycles. The Labute approximate surface area is 142 Å². The number of thiocarbonyl (C=S) groups is 1. The molecule has 1 aromatic carbocycles. The van der Waals surface area contributed by atoms with E-state index >= 15 is 0 Å². The fourth-order valence-corrected chi connectivity index (χ4v) is 3.07. The van der Waals surface area contributed by atoms with Crippen LogP contribution in [0, 0.1) is 0 Å². The first-order valence-corrected chi connectivity index (χ1v) is 7.69. The lowest BCUT2D eigenvalue weighted by molar-refractivity contribution is -0.143. The van der Waals surface area contributed by atoms with Crippen molar-refractivity contribution in [3.63, 3.8) is 0 Å². The summed E-state index contributed by atoms with van der Waals surface area (Å²) in [6.45, 7) is -0.209. The Balaban J connectivity index is 2.17. The predicted molar refractivity (Wildman–Crippen MR) is 89.7 cm³/mol. The van der Waals surface area contributed by atoms with Gasteiger partial charge < -0.3 is 9.47 Å². The molecule has 0 aromatic heterocycles. The van der Waals surface area contributed by atoms with Gasteiger partial charge in [0.2, 0.25) is 0 Å². The van der Waals surface area contributed by atoms with Crippen LogP contribution in [0.1, 0.15) is 15.9 Å². The lowest BCUT2D eigenvalue weighted by atomic mass is 10.1. The number of benzene rings is 1. The third kappa shape index (κ3) is 3.96. The monoisotopic (exact) mass is 351 g/mol. The van der Waals surface area contributed by atoms with Gasteiger partial charge in [-0.1, -0.05) is 36.1 Å². The molecule has 1 aromatic rings. The number of thioether (sulfide) groups is 1. The molecule has 0 spiro atoms. The molecule has 1 saturated heterocycles. The molecular weight excluding hydrogens is 338 g/mol. The average molecular weight is 351 g/mol. The van der Waals surface area contributed by atoms with E-state index in [1.54, 1.807) is 30.3 Å². The van der Waals surface area contributed by atoms with Gasteiger partial charge in [0, 0.05) is 0 Å². The van der Waals surface area contributed by atoms with Crippen LogP contribution in [0.15, 0.2) is 29.2 Å². The molecular formula is C15H13NO5S2. The number of rotatable bonds is 4. The van der Waals surface area contributed by atoms with Gasteiger partial charge in [0.25, 0.3) is 5.91 Å². The number of nitrogens with zero attached hydrogens (tertiary/aromatic N) is 1. The fraction of sp³-hybridized carbons (Fsp3) is 0.200. The van der Waals surface area contributed by atoms with E-state index in [9.17, 15) is 14.4 Å². The number of carbonyl (C=O) groups excluding carboxylic acids is 3. The van der Waals surface area contributed by atoms with E-state index in [0.29, 0.717) is 14.8 Å². The maximum Gasteiger partial charge on any atom is 0.337 e. The Morgan fingerprint density at radius 3 is 2.43 bits per heavy atom. The van der Waals surface area contributed by atoms with Crippen LogP contribution in [0.5, 0.6) is 0 Å². The van der Waals surface area contributed by atoms with Gasteiger partial charge in [0.1, 0.15) is 10.9 Å². The van der Waals surface area contributed by atoms with Crippen LogP contribution in [0.3, 0.4) is 0 Å². The standard InChI is InChI=1S/C15H13NO5S2/c1-20-12(17)8-16-13(18)11(23-15(16)22)7-9-3-5-10(6-4-9)14(19)21-2/h3-7H,8H2,1-2H3/b11-7-. The van der Waals surface area contributed by atoms with Crippen molar-refractivity contribution in [3.05, 3.63) is 40.3 Å². The zero-order valence-corrected chi connectivity index (χ0v) is 14.0. The maximum absolute atomic E-state index is 12.3. The summed E-state index contributed by atoms with van der Waals surface area (Å²) >= 11 is 6.22. The first-order chi connectivity index (χ1) is 11.0. The number of ether oxygens (including phenoxy) is 2. The highest BCUT2D eigenvalue weighted by atomic mass is 32.2. The molecule has 0 radical (unpaired) electrons. The minimum Gasteiger partial charge on any atom is -0.468 e. The topological polar surface area (TPSA) is 72.9 Å². The number of carbonyl (C=O) groups is 3. The third-order valence-electron chi connectivity index (χ3n) is 3.02. The summed E-state index contributed by atoms with van der Waals surface area (Å²) in [6, 6.07) is 6.60. The smallest absolute Gasteiger partial charge is 0.337 e. The van der Waals surface area contributed by atoms with Gasteiger partial charge in [-0.2, -0.15) is 0 Å². The lowest BCUT2D eigenvalue weighted by Gasteiger charge is -2.11. The van der Waals surface area contributed by atoms with Crippen molar-refractivity contribution in [2.24, 2.45) is 0 Å². The summed E-state index contributed by atoms with van der Waals surface area (Å²) in [5, 5.41) is 0. The lowest BCUT2D eigenvalue weighted by Crippen LogP contribution is -2.33. The highest BCUT2D eigenvalue weighted by Gasteiger charge is 2.33. The summed E-state index contributed by atoms with van der Waals surface area (Å²) in [6.07, 6.45) is 1.65. The number of esters is 2. The quantitative estimate of drug-likeness (QED) is 0.466. The van der Waals surface area contributed by atoms with E-state index in [4.69, 9.17) is 12.2 Å². The van der Waals surface area contributed by atoms with Crippen molar-refractivity contribution >= 4 is 52.2 Å². The van der Waals surface area contributed by atoms with E-state index < -0.39 is 11.9 Å². The number of hydrogen-bond acceptors (Lipinski definition) is 7. The molecule has 0 bridgehead atoms. The van der Waals surface area contributed by atoms with Crippen LogP contribution in [-0.2, 0) is 19.1 Å². The van der Waals surface area contributed by atoms with Crippen LogP contribution in [-0.4, -0.2) is 47.8 Å². The zero-order valence-electron chi connectivity index (χ0n) is 12.4. The van der Waals surface area contributed by atoms with E-state index in [-0.39, 0.29) is 12.5 Å². The van der Waals surface area contributed by atoms with Crippen molar-refractivity contribution in [2.75, 3.05) is 20.8 Å². The second-order valence-electron chi connectivity index (χ2n) is 4.46. The molecule has 8 heteroatoms. The van der Waals surface area contributed by atoms with E-state index in [1.165, 1.54) is 19.1 Å². The number of amides is 1. The van der Waals surface area contributed by atoms with Crippen molar-refractivity contribution in [1.82, 2.24) is 4.90 Å². The molecule has 0 N–H and O–H groups in total. The first-order valence-electron chi connectivity index (χ1n) is 6.47. The minimum atomic E-state index is -0.537. The predicted octanol–water partition coefficient (Wildman–Crippen LogP) is 1.85. The Morgan fingerprint density at radius 1 is 1.22 bits per heavy atom. The van der Waals surface area contributed by atoms with Gasteiger partial charge >= 0.3 is 11.9 Å². The van der Waals surface area contributed by atoms with Crippen LogP contribution in [0.4, 0.5) is 0 Å². The molecule has 23 heavy (non-hydrogen) atoms. The molecule has 0 saturated carbocycles. The Morgan fingerprint density at radius 2 is 1.87 bits per heavy atom. The van der Waals surface area contributed by atoms with Crippen LogP contribution in [0.25, 0.3) is 6.08 Å². The maximum atomic E-state index is 12.3. The summed E-state index contributed by atoms with van der Waals surface area (Å²) < 4.78 is 9.47. The van der Waals surface area contributed by atoms with Gasteiger partial charge in [-0.15, -0.1) is 0 Å². The van der Waals surface area contributed by atoms with Crippen molar-refractivity contribution in [1.29, 1.82) is 0 Å². The van der Waals surface area contributed by atoms with Crippen molar-refractivity contribution in [2.45, 2.75) is 0 Å². The van der Waals surface area contributed by atoms with Gasteiger partial charge in [-0.25, -0.2) is 4.79 Å². The molecule has 120 valence electrons. The fourth-order valence-electron chi connectivity index (χ4n) is 1.81. The second kappa shape index (κ2) is 7.38. The van der Waals surface area contributed by atoms with Gasteiger partial charge in [-0.05, 0) is 23.8 Å². The third-order valence-corrected chi connectivity index (χ3v) is 4.40. The zero-order chi connectivity index (χ0) is 17.0. The van der Waals surface area contributed by atoms with Crippen LogP contribution >= 0.6 is 24.0 Å². The molecule has 2 rings (SSSR count). The number of methoxy groups -OCH3 is 2. The molecule has 0 atom stereocenters. The van der Waals surface area contributed by atoms with Crippen molar-refractivity contribution < 1.29 is 23.9 Å². The number of hydrogen-bond donors (Lipinski definition) is 0. The second-order valence-corrected chi connectivity index (χ2v) is 6.13. The van der Waals surface area contributed by atoms with Crippen LogP contribution in [0.2, 0.25) is 0 Å². The van der Waals surface area contributed by atoms with E-state index in [2.05, 4.69) is 9.47 Å². The molecule has 0 unspecified atom stereocenters. The molecule has 1 heterocycles. The van der Waals surface area contributed by atoms with Gasteiger partial charge in [0.15, 0.2) is 0 Å². The molecule has 0 aliphatic carbocycles. The Bertz CT molecular complexity index is 696. The van der Waals surface area contributed by atoms with Crippen molar-refractivity contribution in [3.8, 4) is 0 Å². The summed E-state index contributed by atoms with van der Waals surface area (Å²) in [4.78, 5) is 36.5. The Hall–Kier alpha value is -2.19. The SMILES string of the molecule is COC(=O)CN1C(=O)/C(=C/c2ccc(C(=O)OC)cc2)SC1=S. The average Bonchev–Trinajstić information content (AvgIpc) is 2.82. The van der Waals surface area contributed by atoms with Crippen LogP contribution < -0.4 is 0 Å². The summed E-state index contributed by atoms with van der Waals surface area (Å²) in [7, 11) is 2.56. The normalized spacial score (nSPS) is 15.9. The van der Waals surface area contributed by atoms with Gasteiger partial charge in [0.05, 0.1) is 24.7 Å². The van der Waals surface area contributed by atoms with E-state index in [0.717, 1.165) is 17.3 Å². The van der Waals surface area contributed by atoms with E-state index in [1.807, 2.05) is 0 Å². The minimum absolute atomic E-state index is 0.209. The molecule has 1 aliphatic rings. The summed E-state index contributed by atoms with van der Waals surface area (Å²) in [5.41, 5.74) is 1.15. The molecule has 1 fully saturated rings. The van der Waals surface area contributed by atoms with Gasteiger partial charge in [-0.3, -0.25) is 14.5 Å². The highest BCUT2D eigenvalue weighted by Crippen LogP contribution is 2.32. The molecule has 1 amide bonds. The largest absolute Gasteiger partial charge is 0.468 e. The summed E-state index contributed by atoms with van der Waals surface area (Å²) in [5.74, 6) is -1.31.